The van der Waals surface area contributed by atoms with E-state index < -0.39 is 0 Å². The van der Waals surface area contributed by atoms with Crippen LogP contribution in [0, 0.1) is 11.3 Å². The van der Waals surface area contributed by atoms with Crippen molar-refractivity contribution in [2.45, 2.75) is 25.3 Å². The summed E-state index contributed by atoms with van der Waals surface area (Å²) in [6, 6.07) is 12.4. The molecule has 128 valence electrons. The third-order valence-corrected chi connectivity index (χ3v) is 4.50. The van der Waals surface area contributed by atoms with E-state index >= 15 is 0 Å². The second-order valence-electron chi connectivity index (χ2n) is 6.35. The van der Waals surface area contributed by atoms with Gasteiger partial charge in [0.05, 0.1) is 0 Å². The van der Waals surface area contributed by atoms with Crippen LogP contribution < -0.4 is 5.32 Å². The van der Waals surface area contributed by atoms with E-state index in [0.29, 0.717) is 12.6 Å². The monoisotopic (exact) mass is 326 g/mol. The highest BCUT2D eigenvalue weighted by atomic mass is 16.1. The van der Waals surface area contributed by atoms with Gasteiger partial charge in [-0.15, -0.1) is 0 Å². The number of hydrogen-bond donors (Lipinski definition) is 1. The first-order valence-corrected chi connectivity index (χ1v) is 8.44. The Labute approximate surface area is 144 Å². The van der Waals surface area contributed by atoms with Crippen molar-refractivity contribution in [3.63, 3.8) is 0 Å². The van der Waals surface area contributed by atoms with Crippen LogP contribution in [0.3, 0.4) is 0 Å². The van der Waals surface area contributed by atoms with Crippen LogP contribution in [-0.4, -0.2) is 55.5 Å². The second kappa shape index (κ2) is 9.09. The number of piperidine rings is 1. The van der Waals surface area contributed by atoms with Gasteiger partial charge in [-0.1, -0.05) is 30.3 Å². The van der Waals surface area contributed by atoms with Crippen LogP contribution in [0.5, 0.6) is 0 Å². The van der Waals surface area contributed by atoms with Crippen molar-refractivity contribution in [2.24, 2.45) is 0 Å². The number of likely N-dealkylation sites (tertiary alicyclic amines) is 1. The zero-order valence-corrected chi connectivity index (χ0v) is 14.5. The van der Waals surface area contributed by atoms with Gasteiger partial charge in [0, 0.05) is 25.8 Å². The maximum atomic E-state index is 12.2. The van der Waals surface area contributed by atoms with Crippen LogP contribution in [0.2, 0.25) is 0 Å². The van der Waals surface area contributed by atoms with Gasteiger partial charge >= 0.3 is 0 Å². The van der Waals surface area contributed by atoms with Crippen molar-refractivity contribution in [1.29, 1.82) is 5.26 Å². The van der Waals surface area contributed by atoms with Gasteiger partial charge in [0.15, 0.2) is 0 Å². The molecule has 1 heterocycles. The van der Waals surface area contributed by atoms with Gasteiger partial charge in [-0.05, 0) is 45.0 Å². The molecule has 2 rings (SSSR count). The molecule has 1 aromatic rings. The number of amides is 1. The Bertz CT molecular complexity index is 598. The number of rotatable bonds is 6. The van der Waals surface area contributed by atoms with Crippen LogP contribution in [0.25, 0.3) is 0 Å². The van der Waals surface area contributed by atoms with E-state index in [2.05, 4.69) is 17.3 Å². The smallest absolute Gasteiger partial charge is 0.263 e. The summed E-state index contributed by atoms with van der Waals surface area (Å²) in [5, 5.41) is 12.1. The van der Waals surface area contributed by atoms with Crippen molar-refractivity contribution in [1.82, 2.24) is 15.1 Å². The highest BCUT2D eigenvalue weighted by molar-refractivity contribution is 5.97. The average molecular weight is 326 g/mol. The standard InChI is InChI=1S/C19H26N4O/c1-22-12-9-18(10-13-22)23(2)15-17(14-20)19(24)21-11-8-16-6-4-3-5-7-16/h3-7,15,18H,8-13H2,1-2H3,(H,21,24)/b17-15-. The normalized spacial score (nSPS) is 16.5. The number of benzene rings is 1. The molecule has 1 amide bonds. The summed E-state index contributed by atoms with van der Waals surface area (Å²) in [5.74, 6) is -0.298. The van der Waals surface area contributed by atoms with Crippen LogP contribution in [-0.2, 0) is 11.2 Å². The molecule has 0 saturated carbocycles. The van der Waals surface area contributed by atoms with E-state index in [1.54, 1.807) is 6.20 Å². The van der Waals surface area contributed by atoms with E-state index in [1.165, 1.54) is 5.56 Å². The summed E-state index contributed by atoms with van der Waals surface area (Å²) in [4.78, 5) is 16.5. The van der Waals surface area contributed by atoms with E-state index in [4.69, 9.17) is 0 Å². The lowest BCUT2D eigenvalue weighted by molar-refractivity contribution is -0.117. The number of nitriles is 1. The molecule has 0 radical (unpaired) electrons. The molecule has 1 fully saturated rings. The lowest BCUT2D eigenvalue weighted by atomic mass is 10.0. The maximum Gasteiger partial charge on any atom is 0.263 e. The third-order valence-electron chi connectivity index (χ3n) is 4.50. The van der Waals surface area contributed by atoms with Gasteiger partial charge in [0.2, 0.25) is 0 Å². The first-order chi connectivity index (χ1) is 11.6. The Balaban J connectivity index is 1.85. The Morgan fingerprint density at radius 1 is 1.38 bits per heavy atom. The van der Waals surface area contributed by atoms with E-state index in [0.717, 1.165) is 32.4 Å². The minimum atomic E-state index is -0.298. The molecule has 1 aromatic carbocycles. The fraction of sp³-hybridized carbons (Fsp3) is 0.474. The van der Waals surface area contributed by atoms with Crippen molar-refractivity contribution in [2.75, 3.05) is 33.7 Å². The summed E-state index contributed by atoms with van der Waals surface area (Å²) in [5.41, 5.74) is 1.34. The van der Waals surface area contributed by atoms with E-state index in [1.807, 2.05) is 48.3 Å². The first-order valence-electron chi connectivity index (χ1n) is 8.44. The first kappa shape index (κ1) is 18.0. The molecule has 0 aromatic heterocycles. The van der Waals surface area contributed by atoms with Crippen LogP contribution in [0.4, 0.5) is 0 Å². The molecular weight excluding hydrogens is 300 g/mol. The lowest BCUT2D eigenvalue weighted by Crippen LogP contribution is -2.40. The molecule has 5 nitrogen and oxygen atoms in total. The summed E-state index contributed by atoms with van der Waals surface area (Å²) in [6.45, 7) is 2.63. The quantitative estimate of drug-likeness (QED) is 0.639. The summed E-state index contributed by atoms with van der Waals surface area (Å²) in [7, 11) is 4.07. The van der Waals surface area contributed by atoms with Gasteiger partial charge in [-0.25, -0.2) is 0 Å². The van der Waals surface area contributed by atoms with Gasteiger partial charge in [0.1, 0.15) is 11.6 Å². The minimum Gasteiger partial charge on any atom is -0.376 e. The Kier molecular flexibility index (Phi) is 6.83. The molecule has 24 heavy (non-hydrogen) atoms. The zero-order chi connectivity index (χ0) is 17.4. The molecule has 0 atom stereocenters. The van der Waals surface area contributed by atoms with Gasteiger partial charge in [0.25, 0.3) is 5.91 Å². The fourth-order valence-corrected chi connectivity index (χ4v) is 2.91. The minimum absolute atomic E-state index is 0.171. The SMILES string of the molecule is CN1CCC(N(C)/C=C(/C#N)C(=O)NCCc2ccccc2)CC1. The topological polar surface area (TPSA) is 59.4 Å². The molecular formula is C19H26N4O. The Morgan fingerprint density at radius 2 is 2.04 bits per heavy atom. The number of carbonyl (C=O) groups excluding carboxylic acids is 1. The van der Waals surface area contributed by atoms with Crippen LogP contribution in [0.15, 0.2) is 42.1 Å². The molecule has 0 spiro atoms. The van der Waals surface area contributed by atoms with Gasteiger partial charge < -0.3 is 15.1 Å². The number of nitrogens with one attached hydrogen (secondary N) is 1. The van der Waals surface area contributed by atoms with Gasteiger partial charge in [-0.2, -0.15) is 5.26 Å². The van der Waals surface area contributed by atoms with Crippen molar-refractivity contribution in [3.05, 3.63) is 47.7 Å². The Morgan fingerprint density at radius 3 is 2.67 bits per heavy atom. The summed E-state index contributed by atoms with van der Waals surface area (Å²) >= 11 is 0. The maximum absolute atomic E-state index is 12.2. The van der Waals surface area contributed by atoms with Crippen molar-refractivity contribution < 1.29 is 4.79 Å². The number of nitrogens with zero attached hydrogens (tertiary/aromatic N) is 3. The Hall–Kier alpha value is -2.32. The fourth-order valence-electron chi connectivity index (χ4n) is 2.91. The molecule has 5 heteroatoms. The number of carbonyl (C=O) groups is 1. The number of hydrogen-bond acceptors (Lipinski definition) is 4. The molecule has 1 aliphatic rings. The molecule has 0 bridgehead atoms. The van der Waals surface area contributed by atoms with E-state index in [-0.39, 0.29) is 11.5 Å². The largest absolute Gasteiger partial charge is 0.376 e. The highest BCUT2D eigenvalue weighted by Crippen LogP contribution is 2.15. The predicted molar refractivity (Wildman–Crippen MR) is 95.1 cm³/mol. The molecule has 0 unspecified atom stereocenters. The molecule has 1 N–H and O–H groups in total. The van der Waals surface area contributed by atoms with Crippen LogP contribution in [0.1, 0.15) is 18.4 Å². The van der Waals surface area contributed by atoms with Crippen LogP contribution >= 0.6 is 0 Å². The van der Waals surface area contributed by atoms with Gasteiger partial charge in [-0.3, -0.25) is 4.79 Å². The second-order valence-corrected chi connectivity index (χ2v) is 6.35. The van der Waals surface area contributed by atoms with Crippen molar-refractivity contribution >= 4 is 5.91 Å². The molecule has 0 aliphatic carbocycles. The summed E-state index contributed by atoms with van der Waals surface area (Å²) in [6.07, 6.45) is 4.56. The summed E-state index contributed by atoms with van der Waals surface area (Å²) < 4.78 is 0. The third kappa shape index (κ3) is 5.39. The predicted octanol–water partition coefficient (Wildman–Crippen LogP) is 1.78. The lowest BCUT2D eigenvalue weighted by Gasteiger charge is -2.34. The molecule has 1 saturated heterocycles. The van der Waals surface area contributed by atoms with Crippen molar-refractivity contribution in [3.8, 4) is 6.07 Å². The zero-order valence-electron chi connectivity index (χ0n) is 14.5. The highest BCUT2D eigenvalue weighted by Gasteiger charge is 2.20. The molecule has 1 aliphatic heterocycles. The average Bonchev–Trinajstić information content (AvgIpc) is 2.60. The van der Waals surface area contributed by atoms with E-state index in [9.17, 15) is 10.1 Å².